The van der Waals surface area contributed by atoms with E-state index in [1.807, 2.05) is 0 Å². The minimum Gasteiger partial charge on any atom is -0.352 e. The summed E-state index contributed by atoms with van der Waals surface area (Å²) >= 11 is 5.67. The van der Waals surface area contributed by atoms with Crippen LogP contribution in [0.2, 0.25) is 0 Å². The molecule has 3 unspecified atom stereocenters. The van der Waals surface area contributed by atoms with E-state index in [1.54, 1.807) is 0 Å². The standard InChI is InChI=1S/C11H13ClO3/c12-11-10(15-11)3-1-2-7-6-8(13)4-5-9(7)14/h4-5,7,10-11H,1-3,6H2. The van der Waals surface area contributed by atoms with E-state index in [-0.39, 0.29) is 29.2 Å². The first-order chi connectivity index (χ1) is 7.16. The van der Waals surface area contributed by atoms with Crippen molar-refractivity contribution in [2.24, 2.45) is 5.92 Å². The van der Waals surface area contributed by atoms with Gasteiger partial charge < -0.3 is 4.74 Å². The Labute approximate surface area is 93.4 Å². The maximum absolute atomic E-state index is 11.4. The van der Waals surface area contributed by atoms with Crippen LogP contribution >= 0.6 is 11.6 Å². The molecule has 1 aliphatic heterocycles. The maximum Gasteiger partial charge on any atom is 0.159 e. The zero-order valence-electron chi connectivity index (χ0n) is 8.32. The van der Waals surface area contributed by atoms with Gasteiger partial charge in [-0.25, -0.2) is 0 Å². The van der Waals surface area contributed by atoms with Crippen molar-refractivity contribution in [1.29, 1.82) is 0 Å². The Hall–Kier alpha value is -0.670. The number of allylic oxidation sites excluding steroid dienone is 2. The lowest BCUT2D eigenvalue weighted by Crippen LogP contribution is -2.20. The summed E-state index contributed by atoms with van der Waals surface area (Å²) in [5.41, 5.74) is -0.131. The molecule has 3 nitrogen and oxygen atoms in total. The van der Waals surface area contributed by atoms with Crippen LogP contribution in [0.5, 0.6) is 0 Å². The molecule has 1 aliphatic carbocycles. The second-order valence-electron chi connectivity index (χ2n) is 4.06. The van der Waals surface area contributed by atoms with Gasteiger partial charge in [-0.1, -0.05) is 11.6 Å². The topological polar surface area (TPSA) is 46.7 Å². The molecule has 82 valence electrons. The van der Waals surface area contributed by atoms with E-state index in [4.69, 9.17) is 16.3 Å². The van der Waals surface area contributed by atoms with Crippen LogP contribution in [0, 0.1) is 5.92 Å². The number of alkyl halides is 1. The molecule has 0 aromatic rings. The lowest BCUT2D eigenvalue weighted by atomic mass is 9.88. The first kappa shape index (κ1) is 10.8. The van der Waals surface area contributed by atoms with Crippen LogP contribution in [0.3, 0.4) is 0 Å². The van der Waals surface area contributed by atoms with Crippen molar-refractivity contribution in [2.75, 3.05) is 0 Å². The van der Waals surface area contributed by atoms with E-state index in [0.29, 0.717) is 6.42 Å². The molecule has 1 heterocycles. The fourth-order valence-electron chi connectivity index (χ4n) is 1.85. The SMILES string of the molecule is O=C1C=CC(=O)C(CCCC2OC2Cl)C1. The summed E-state index contributed by atoms with van der Waals surface area (Å²) in [4.78, 5) is 22.5. The Bertz CT molecular complexity index is 311. The van der Waals surface area contributed by atoms with E-state index in [9.17, 15) is 9.59 Å². The molecule has 1 fully saturated rings. The summed E-state index contributed by atoms with van der Waals surface area (Å²) < 4.78 is 5.05. The average Bonchev–Trinajstić information content (AvgIpc) is 2.88. The third kappa shape index (κ3) is 2.89. The van der Waals surface area contributed by atoms with Gasteiger partial charge in [0.1, 0.15) is 0 Å². The number of carbonyl (C=O) groups is 2. The summed E-state index contributed by atoms with van der Waals surface area (Å²) in [6.45, 7) is 0. The van der Waals surface area contributed by atoms with Crippen LogP contribution in [0.1, 0.15) is 25.7 Å². The molecular formula is C11H13ClO3. The molecule has 0 spiro atoms. The van der Waals surface area contributed by atoms with Crippen molar-refractivity contribution in [1.82, 2.24) is 0 Å². The van der Waals surface area contributed by atoms with Gasteiger partial charge in [0.25, 0.3) is 0 Å². The number of halogens is 1. The van der Waals surface area contributed by atoms with Gasteiger partial charge in [-0.3, -0.25) is 9.59 Å². The smallest absolute Gasteiger partial charge is 0.159 e. The van der Waals surface area contributed by atoms with Gasteiger partial charge in [-0.15, -0.1) is 0 Å². The number of hydrogen-bond acceptors (Lipinski definition) is 3. The Kier molecular flexibility index (Phi) is 3.22. The van der Waals surface area contributed by atoms with Gasteiger partial charge in [0, 0.05) is 12.3 Å². The summed E-state index contributed by atoms with van der Waals surface area (Å²) in [7, 11) is 0. The lowest BCUT2D eigenvalue weighted by molar-refractivity contribution is -0.124. The van der Waals surface area contributed by atoms with Crippen molar-refractivity contribution < 1.29 is 14.3 Å². The molecule has 0 saturated carbocycles. The van der Waals surface area contributed by atoms with Gasteiger partial charge in [-0.05, 0) is 31.4 Å². The average molecular weight is 229 g/mol. The summed E-state index contributed by atoms with van der Waals surface area (Å²) in [5.74, 6) is 0.0151. The van der Waals surface area contributed by atoms with Crippen LogP contribution in [0.25, 0.3) is 0 Å². The molecule has 1 saturated heterocycles. The zero-order valence-corrected chi connectivity index (χ0v) is 9.07. The maximum atomic E-state index is 11.4. The molecule has 0 bridgehead atoms. The van der Waals surface area contributed by atoms with Gasteiger partial charge in [-0.2, -0.15) is 0 Å². The zero-order chi connectivity index (χ0) is 10.8. The third-order valence-electron chi connectivity index (χ3n) is 2.85. The number of epoxide rings is 1. The van der Waals surface area contributed by atoms with Crippen molar-refractivity contribution in [3.63, 3.8) is 0 Å². The third-order valence-corrected chi connectivity index (χ3v) is 3.23. The molecule has 4 heteroatoms. The molecule has 0 aromatic heterocycles. The monoisotopic (exact) mass is 228 g/mol. The molecule has 15 heavy (non-hydrogen) atoms. The fourth-order valence-corrected chi connectivity index (χ4v) is 2.11. The Balaban J connectivity index is 1.72. The van der Waals surface area contributed by atoms with Gasteiger partial charge in [0.2, 0.25) is 0 Å². The summed E-state index contributed by atoms with van der Waals surface area (Å²) in [5, 5.41) is 0. The molecule has 0 radical (unpaired) electrons. The predicted octanol–water partition coefficient (Wildman–Crippen LogP) is 1.83. The normalized spacial score (nSPS) is 34.6. The highest BCUT2D eigenvalue weighted by atomic mass is 35.5. The minimum absolute atomic E-state index is 0.0532. The van der Waals surface area contributed by atoms with E-state index in [2.05, 4.69) is 0 Å². The highest BCUT2D eigenvalue weighted by Gasteiger charge is 2.36. The highest BCUT2D eigenvalue weighted by molar-refractivity contribution is 6.21. The van der Waals surface area contributed by atoms with Crippen molar-refractivity contribution in [2.45, 2.75) is 37.4 Å². The number of ether oxygens (including phenoxy) is 1. The van der Waals surface area contributed by atoms with Crippen molar-refractivity contribution in [3.05, 3.63) is 12.2 Å². The van der Waals surface area contributed by atoms with Crippen molar-refractivity contribution in [3.8, 4) is 0 Å². The second-order valence-corrected chi connectivity index (χ2v) is 4.49. The summed E-state index contributed by atoms with van der Waals surface area (Å²) in [6.07, 6.45) is 5.84. The first-order valence-electron chi connectivity index (χ1n) is 5.21. The van der Waals surface area contributed by atoms with E-state index in [0.717, 1.165) is 19.3 Å². The predicted molar refractivity (Wildman–Crippen MR) is 55.6 cm³/mol. The highest BCUT2D eigenvalue weighted by Crippen LogP contribution is 2.31. The molecule has 0 aromatic carbocycles. The summed E-state index contributed by atoms with van der Waals surface area (Å²) in [6, 6.07) is 0. The molecule has 3 atom stereocenters. The Morgan fingerprint density at radius 3 is 2.73 bits per heavy atom. The van der Waals surface area contributed by atoms with Gasteiger partial charge in [0.05, 0.1) is 6.10 Å². The first-order valence-corrected chi connectivity index (χ1v) is 5.65. The largest absolute Gasteiger partial charge is 0.352 e. The lowest BCUT2D eigenvalue weighted by Gasteiger charge is -2.14. The van der Waals surface area contributed by atoms with Crippen LogP contribution in [-0.2, 0) is 14.3 Å². The number of carbonyl (C=O) groups excluding carboxylic acids is 2. The van der Waals surface area contributed by atoms with Crippen LogP contribution in [0.15, 0.2) is 12.2 Å². The Morgan fingerprint density at radius 1 is 1.33 bits per heavy atom. The second kappa shape index (κ2) is 4.45. The van der Waals surface area contributed by atoms with Gasteiger partial charge in [0.15, 0.2) is 17.1 Å². The molecular weight excluding hydrogens is 216 g/mol. The molecule has 2 rings (SSSR count). The molecule has 2 aliphatic rings. The van der Waals surface area contributed by atoms with Crippen molar-refractivity contribution >= 4 is 23.2 Å². The fraction of sp³-hybridized carbons (Fsp3) is 0.636. The molecule has 0 amide bonds. The van der Waals surface area contributed by atoms with E-state index < -0.39 is 0 Å². The molecule has 0 N–H and O–H groups in total. The number of rotatable bonds is 4. The number of hydrogen-bond donors (Lipinski definition) is 0. The number of ketones is 2. The van der Waals surface area contributed by atoms with Gasteiger partial charge >= 0.3 is 0 Å². The van der Waals surface area contributed by atoms with Crippen LogP contribution < -0.4 is 0 Å². The van der Waals surface area contributed by atoms with Crippen LogP contribution in [-0.4, -0.2) is 23.2 Å². The van der Waals surface area contributed by atoms with E-state index in [1.165, 1.54) is 12.2 Å². The van der Waals surface area contributed by atoms with E-state index >= 15 is 0 Å². The quantitative estimate of drug-likeness (QED) is 0.545. The van der Waals surface area contributed by atoms with Crippen LogP contribution in [0.4, 0.5) is 0 Å². The minimum atomic E-state index is -0.131. The Morgan fingerprint density at radius 2 is 2.07 bits per heavy atom.